The highest BCUT2D eigenvalue weighted by Gasteiger charge is 2.23. The Labute approximate surface area is 118 Å². The molecule has 1 aromatic heterocycles. The van der Waals surface area contributed by atoms with Crippen LogP contribution in [0.25, 0.3) is 0 Å². The second-order valence-corrected chi connectivity index (χ2v) is 5.39. The van der Waals surface area contributed by atoms with Gasteiger partial charge in [0.15, 0.2) is 12.2 Å². The fourth-order valence-corrected chi connectivity index (χ4v) is 1.76. The quantitative estimate of drug-likeness (QED) is 0.932. The van der Waals surface area contributed by atoms with E-state index >= 15 is 0 Å². The third kappa shape index (κ3) is 3.85. The lowest BCUT2D eigenvalue weighted by Crippen LogP contribution is -2.35. The largest absolute Gasteiger partial charge is 0.446 e. The van der Waals surface area contributed by atoms with Crippen molar-refractivity contribution in [2.24, 2.45) is 0 Å². The number of carbonyl (C=O) groups is 1. The fourth-order valence-electron chi connectivity index (χ4n) is 1.76. The van der Waals surface area contributed by atoms with E-state index < -0.39 is 17.7 Å². The van der Waals surface area contributed by atoms with E-state index in [-0.39, 0.29) is 0 Å². The van der Waals surface area contributed by atoms with E-state index in [9.17, 15) is 4.79 Å². The molecule has 0 aliphatic heterocycles. The van der Waals surface area contributed by atoms with Crippen molar-refractivity contribution in [3.8, 4) is 0 Å². The van der Waals surface area contributed by atoms with Gasteiger partial charge in [-0.15, -0.1) is 0 Å². The van der Waals surface area contributed by atoms with Crippen LogP contribution in [0.4, 0.5) is 4.79 Å². The molecule has 106 valence electrons. The first-order valence-electron chi connectivity index (χ1n) is 6.38. The van der Waals surface area contributed by atoms with Crippen LogP contribution in [-0.4, -0.2) is 16.7 Å². The number of benzene rings is 1. The summed E-state index contributed by atoms with van der Waals surface area (Å²) >= 11 is 0. The summed E-state index contributed by atoms with van der Waals surface area (Å²) in [7, 11) is 0. The van der Waals surface area contributed by atoms with Gasteiger partial charge in [0.25, 0.3) is 0 Å². The Bertz CT molecular complexity index is 544. The van der Waals surface area contributed by atoms with Crippen LogP contribution in [0.5, 0.6) is 0 Å². The minimum absolute atomic E-state index is 0.423. The molecule has 0 saturated carbocycles. The molecular weight excluding hydrogens is 256 g/mol. The molecule has 1 amide bonds. The van der Waals surface area contributed by atoms with Crippen LogP contribution in [-0.2, 0) is 4.74 Å². The second kappa shape index (κ2) is 5.77. The first-order chi connectivity index (χ1) is 9.46. The third-order valence-electron chi connectivity index (χ3n) is 2.53. The van der Waals surface area contributed by atoms with Gasteiger partial charge in [0.2, 0.25) is 0 Å². The maximum Gasteiger partial charge on any atom is 0.408 e. The Balaban J connectivity index is 2.19. The molecule has 0 radical (unpaired) electrons. The molecule has 0 aliphatic rings. The molecule has 2 rings (SSSR count). The molecule has 20 heavy (non-hydrogen) atoms. The van der Waals surface area contributed by atoms with Crippen LogP contribution in [0, 0.1) is 0 Å². The van der Waals surface area contributed by atoms with Crippen LogP contribution in [0.15, 0.2) is 47.3 Å². The number of rotatable bonds is 3. The lowest BCUT2D eigenvalue weighted by molar-refractivity contribution is 0.0507. The predicted octanol–water partition coefficient (Wildman–Crippen LogP) is 3.29. The van der Waals surface area contributed by atoms with Gasteiger partial charge in [0, 0.05) is 0 Å². The van der Waals surface area contributed by atoms with Crippen LogP contribution < -0.4 is 5.32 Å². The number of nitrogens with zero attached hydrogens (tertiary/aromatic N) is 1. The highest BCUT2D eigenvalue weighted by molar-refractivity contribution is 5.69. The summed E-state index contributed by atoms with van der Waals surface area (Å²) in [6.45, 7) is 5.45. The Morgan fingerprint density at radius 1 is 1.30 bits per heavy atom. The molecule has 0 aliphatic carbocycles. The Kier molecular flexibility index (Phi) is 4.08. The van der Waals surface area contributed by atoms with Crippen LogP contribution in [0.3, 0.4) is 0 Å². The van der Waals surface area contributed by atoms with E-state index in [1.54, 1.807) is 6.20 Å². The molecule has 1 N–H and O–H groups in total. The van der Waals surface area contributed by atoms with E-state index in [0.717, 1.165) is 5.56 Å². The molecule has 2 aromatic rings. The highest BCUT2D eigenvalue weighted by Crippen LogP contribution is 2.22. The normalized spacial score (nSPS) is 12.8. The van der Waals surface area contributed by atoms with E-state index in [1.807, 2.05) is 51.1 Å². The number of oxazole rings is 1. The zero-order valence-corrected chi connectivity index (χ0v) is 11.8. The number of amides is 1. The molecule has 0 bridgehead atoms. The molecule has 1 atom stereocenters. The molecule has 0 fully saturated rings. The Morgan fingerprint density at radius 2 is 2.00 bits per heavy atom. The smallest absolute Gasteiger partial charge is 0.408 e. The summed E-state index contributed by atoms with van der Waals surface area (Å²) < 4.78 is 10.6. The van der Waals surface area contributed by atoms with Gasteiger partial charge in [-0.1, -0.05) is 30.3 Å². The zero-order chi connectivity index (χ0) is 14.6. The van der Waals surface area contributed by atoms with Crippen molar-refractivity contribution >= 4 is 6.09 Å². The van der Waals surface area contributed by atoms with Crippen molar-refractivity contribution in [2.45, 2.75) is 32.4 Å². The molecule has 1 heterocycles. The van der Waals surface area contributed by atoms with Gasteiger partial charge in [-0.05, 0) is 26.3 Å². The molecule has 0 saturated heterocycles. The van der Waals surface area contributed by atoms with Crippen molar-refractivity contribution in [1.29, 1.82) is 0 Å². The summed E-state index contributed by atoms with van der Waals surface area (Å²) in [6, 6.07) is 9.10. The van der Waals surface area contributed by atoms with Crippen molar-refractivity contribution in [1.82, 2.24) is 10.3 Å². The number of carbonyl (C=O) groups excluding carboxylic acids is 1. The SMILES string of the molecule is CC(C)(C)OC(=O)N[C@H](c1ccccc1)c1cnco1. The first kappa shape index (κ1) is 14.1. The van der Waals surface area contributed by atoms with Gasteiger partial charge in [0.05, 0.1) is 6.20 Å². The number of hydrogen-bond acceptors (Lipinski definition) is 4. The molecule has 1 aromatic carbocycles. The van der Waals surface area contributed by atoms with Crippen molar-refractivity contribution in [2.75, 3.05) is 0 Å². The van der Waals surface area contributed by atoms with Gasteiger partial charge in [-0.2, -0.15) is 0 Å². The summed E-state index contributed by atoms with van der Waals surface area (Å²) in [5.41, 5.74) is 0.349. The molecule has 5 heteroatoms. The van der Waals surface area contributed by atoms with Crippen molar-refractivity contribution < 1.29 is 13.9 Å². The number of nitrogens with one attached hydrogen (secondary N) is 1. The monoisotopic (exact) mass is 274 g/mol. The minimum Gasteiger partial charge on any atom is -0.446 e. The van der Waals surface area contributed by atoms with E-state index in [1.165, 1.54) is 6.39 Å². The van der Waals surface area contributed by atoms with Crippen molar-refractivity contribution in [3.05, 3.63) is 54.2 Å². The van der Waals surface area contributed by atoms with Crippen LogP contribution >= 0.6 is 0 Å². The summed E-state index contributed by atoms with van der Waals surface area (Å²) in [5.74, 6) is 0.557. The number of alkyl carbamates (subject to hydrolysis) is 1. The fraction of sp³-hybridized carbons (Fsp3) is 0.333. The van der Waals surface area contributed by atoms with E-state index in [0.29, 0.717) is 5.76 Å². The molecule has 0 spiro atoms. The topological polar surface area (TPSA) is 64.4 Å². The molecular formula is C15H18N2O3. The average molecular weight is 274 g/mol. The summed E-state index contributed by atoms with van der Waals surface area (Å²) in [6.07, 6.45) is 2.42. The van der Waals surface area contributed by atoms with Gasteiger partial charge in [-0.25, -0.2) is 9.78 Å². The average Bonchev–Trinajstić information content (AvgIpc) is 2.88. The lowest BCUT2D eigenvalue weighted by atomic mass is 10.1. The number of aromatic nitrogens is 1. The van der Waals surface area contributed by atoms with Gasteiger partial charge in [-0.3, -0.25) is 0 Å². The lowest BCUT2D eigenvalue weighted by Gasteiger charge is -2.22. The van der Waals surface area contributed by atoms with E-state index in [4.69, 9.17) is 9.15 Å². The van der Waals surface area contributed by atoms with Gasteiger partial charge < -0.3 is 14.5 Å². The van der Waals surface area contributed by atoms with Crippen LogP contribution in [0.2, 0.25) is 0 Å². The van der Waals surface area contributed by atoms with Crippen molar-refractivity contribution in [3.63, 3.8) is 0 Å². The Hall–Kier alpha value is -2.30. The van der Waals surface area contributed by atoms with Gasteiger partial charge >= 0.3 is 6.09 Å². The first-order valence-corrected chi connectivity index (χ1v) is 6.38. The highest BCUT2D eigenvalue weighted by atomic mass is 16.6. The molecule has 0 unspecified atom stereocenters. The third-order valence-corrected chi connectivity index (χ3v) is 2.53. The summed E-state index contributed by atoms with van der Waals surface area (Å²) in [4.78, 5) is 15.8. The maximum atomic E-state index is 11.9. The predicted molar refractivity (Wildman–Crippen MR) is 74.2 cm³/mol. The van der Waals surface area contributed by atoms with Gasteiger partial charge in [0.1, 0.15) is 11.6 Å². The summed E-state index contributed by atoms with van der Waals surface area (Å²) in [5, 5.41) is 2.80. The van der Waals surface area contributed by atoms with E-state index in [2.05, 4.69) is 10.3 Å². The molecule has 5 nitrogen and oxygen atoms in total. The minimum atomic E-state index is -0.549. The standard InChI is InChI=1S/C15H18N2O3/c1-15(2,3)20-14(18)17-13(12-9-16-10-19-12)11-7-5-4-6-8-11/h4-10,13H,1-3H3,(H,17,18)/t13-/m1/s1. The van der Waals surface area contributed by atoms with Crippen LogP contribution in [0.1, 0.15) is 38.1 Å². The maximum absolute atomic E-state index is 11.9. The Morgan fingerprint density at radius 3 is 2.55 bits per heavy atom. The second-order valence-electron chi connectivity index (χ2n) is 5.39. The number of ether oxygens (including phenoxy) is 1. The number of hydrogen-bond donors (Lipinski definition) is 1. The zero-order valence-electron chi connectivity index (χ0n) is 11.8.